The molecule has 1 aromatic carbocycles. The molecule has 0 aliphatic carbocycles. The first-order valence-corrected chi connectivity index (χ1v) is 8.46. The normalized spacial score (nSPS) is 16.3. The number of benzene rings is 1. The van der Waals surface area contributed by atoms with Crippen LogP contribution in [0.4, 0.5) is 5.95 Å². The van der Waals surface area contributed by atoms with Crippen molar-refractivity contribution in [1.29, 1.82) is 0 Å². The zero-order valence-electron chi connectivity index (χ0n) is 15.1. The van der Waals surface area contributed by atoms with Crippen LogP contribution in [0.3, 0.4) is 0 Å². The van der Waals surface area contributed by atoms with Crippen LogP contribution in [0, 0.1) is 6.92 Å². The zero-order valence-corrected chi connectivity index (χ0v) is 15.1. The Labute approximate surface area is 149 Å². The molecule has 1 atom stereocenters. The first-order valence-electron chi connectivity index (χ1n) is 8.46. The largest absolute Gasteiger partial charge is 0.332 e. The fourth-order valence-corrected chi connectivity index (χ4v) is 3.31. The monoisotopic (exact) mass is 352 g/mol. The van der Waals surface area contributed by atoms with Gasteiger partial charge in [-0.25, -0.2) is 10.2 Å². The van der Waals surface area contributed by atoms with Gasteiger partial charge in [-0.1, -0.05) is 24.3 Å². The Balaban J connectivity index is 2.01. The van der Waals surface area contributed by atoms with Crippen molar-refractivity contribution in [1.82, 2.24) is 18.7 Å². The summed E-state index contributed by atoms with van der Waals surface area (Å²) in [6.07, 6.45) is 0. The van der Waals surface area contributed by atoms with E-state index < -0.39 is 0 Å². The quantitative estimate of drug-likeness (QED) is 0.759. The Morgan fingerprint density at radius 2 is 1.92 bits per heavy atom. The maximum Gasteiger partial charge on any atom is 0.332 e. The smallest absolute Gasteiger partial charge is 0.294 e. The van der Waals surface area contributed by atoms with Crippen LogP contribution in [-0.4, -0.2) is 24.4 Å². The molecule has 4 rings (SSSR count). The van der Waals surface area contributed by atoms with E-state index in [1.54, 1.807) is 7.05 Å². The van der Waals surface area contributed by atoms with Gasteiger partial charge >= 0.3 is 5.69 Å². The molecular formula is C18H20N6O2. The highest BCUT2D eigenvalue weighted by Gasteiger charge is 2.26. The Bertz CT molecular complexity index is 1180. The van der Waals surface area contributed by atoms with Gasteiger partial charge in [-0.05, 0) is 31.9 Å². The predicted molar refractivity (Wildman–Crippen MR) is 101 cm³/mol. The molecule has 0 unspecified atom stereocenters. The minimum Gasteiger partial charge on any atom is -0.294 e. The Hall–Kier alpha value is -3.16. The molecule has 0 amide bonds. The maximum absolute atomic E-state index is 13.2. The molecule has 2 aromatic heterocycles. The van der Waals surface area contributed by atoms with E-state index in [2.05, 4.69) is 15.5 Å². The summed E-state index contributed by atoms with van der Waals surface area (Å²) in [7, 11) is 1.63. The highest BCUT2D eigenvalue weighted by atomic mass is 16.2. The van der Waals surface area contributed by atoms with Crippen molar-refractivity contribution >= 4 is 22.8 Å². The standard InChI is InChI=1S/C18H20N6O2/c1-10-7-5-6-8-13(10)9-23-16(25)14-15(22(4)18(23)26)19-17-21-20-11(2)12(3)24(14)17/h5-8,12H,9H2,1-4H3,(H,19,21)/t12-/m1/s1. The highest BCUT2D eigenvalue weighted by Crippen LogP contribution is 2.25. The highest BCUT2D eigenvalue weighted by molar-refractivity contribution is 5.90. The lowest BCUT2D eigenvalue weighted by Gasteiger charge is -2.21. The van der Waals surface area contributed by atoms with Crippen LogP contribution in [0.25, 0.3) is 11.2 Å². The van der Waals surface area contributed by atoms with E-state index in [0.29, 0.717) is 17.1 Å². The first kappa shape index (κ1) is 16.3. The third kappa shape index (κ3) is 2.22. The number of hydrogen-bond acceptors (Lipinski definition) is 5. The lowest BCUT2D eigenvalue weighted by atomic mass is 10.1. The second kappa shape index (κ2) is 5.69. The number of aromatic nitrogens is 4. The molecule has 0 bridgehead atoms. The van der Waals surface area contributed by atoms with Gasteiger partial charge in [0.1, 0.15) is 0 Å². The average Bonchev–Trinajstić information content (AvgIpc) is 3.02. The number of hydrogen-bond donors (Lipinski definition) is 1. The van der Waals surface area contributed by atoms with E-state index in [0.717, 1.165) is 16.8 Å². The van der Waals surface area contributed by atoms with Gasteiger partial charge in [-0.2, -0.15) is 10.1 Å². The van der Waals surface area contributed by atoms with Crippen LogP contribution < -0.4 is 16.7 Å². The van der Waals surface area contributed by atoms with Crippen molar-refractivity contribution in [2.75, 3.05) is 5.43 Å². The van der Waals surface area contributed by atoms with Gasteiger partial charge in [0.25, 0.3) is 5.56 Å². The number of fused-ring (bicyclic) bond motifs is 3. The maximum atomic E-state index is 13.2. The summed E-state index contributed by atoms with van der Waals surface area (Å²) < 4.78 is 4.51. The van der Waals surface area contributed by atoms with Crippen LogP contribution >= 0.6 is 0 Å². The van der Waals surface area contributed by atoms with Gasteiger partial charge in [0.15, 0.2) is 11.2 Å². The molecule has 3 heterocycles. The molecule has 1 N–H and O–H groups in total. The SMILES string of the molecule is CC1=NNc2nc3c(c(=O)n(Cc4ccccc4C)c(=O)n3C)n2[C@@H]1C. The summed E-state index contributed by atoms with van der Waals surface area (Å²) >= 11 is 0. The second-order valence-corrected chi connectivity index (χ2v) is 6.68. The molecule has 1 aliphatic heterocycles. The molecule has 1 aliphatic rings. The molecule has 0 radical (unpaired) electrons. The minimum absolute atomic E-state index is 0.117. The summed E-state index contributed by atoms with van der Waals surface area (Å²) in [5, 5.41) is 4.22. The fraction of sp³-hybridized carbons (Fsp3) is 0.333. The van der Waals surface area contributed by atoms with Gasteiger partial charge in [-0.3, -0.25) is 18.5 Å². The van der Waals surface area contributed by atoms with Crippen LogP contribution in [0.1, 0.15) is 31.0 Å². The van der Waals surface area contributed by atoms with Crippen LogP contribution in [0.15, 0.2) is 39.0 Å². The Kier molecular flexibility index (Phi) is 3.57. The molecule has 8 nitrogen and oxygen atoms in total. The van der Waals surface area contributed by atoms with Crippen molar-refractivity contribution in [3.05, 3.63) is 56.2 Å². The Morgan fingerprint density at radius 3 is 2.65 bits per heavy atom. The zero-order chi connectivity index (χ0) is 18.6. The molecule has 0 fully saturated rings. The number of aryl methyl sites for hydroxylation is 2. The number of hydrazone groups is 1. The molecule has 0 saturated heterocycles. The van der Waals surface area contributed by atoms with Crippen LogP contribution in [-0.2, 0) is 13.6 Å². The van der Waals surface area contributed by atoms with E-state index in [-0.39, 0.29) is 23.8 Å². The van der Waals surface area contributed by atoms with Gasteiger partial charge in [0, 0.05) is 7.05 Å². The summed E-state index contributed by atoms with van der Waals surface area (Å²) in [6, 6.07) is 7.62. The summed E-state index contributed by atoms with van der Waals surface area (Å²) in [4.78, 5) is 30.4. The number of nitrogens with one attached hydrogen (secondary N) is 1. The predicted octanol–water partition coefficient (Wildman–Crippen LogP) is 1.62. The minimum atomic E-state index is -0.383. The van der Waals surface area contributed by atoms with Crippen molar-refractivity contribution in [3.8, 4) is 0 Å². The molecule has 134 valence electrons. The molecule has 26 heavy (non-hydrogen) atoms. The molecular weight excluding hydrogens is 332 g/mol. The lowest BCUT2D eigenvalue weighted by molar-refractivity contribution is 0.643. The molecule has 3 aromatic rings. The van der Waals surface area contributed by atoms with Crippen molar-refractivity contribution < 1.29 is 0 Å². The van der Waals surface area contributed by atoms with E-state index in [1.165, 1.54) is 9.13 Å². The van der Waals surface area contributed by atoms with Gasteiger partial charge in [-0.15, -0.1) is 0 Å². The van der Waals surface area contributed by atoms with E-state index in [9.17, 15) is 9.59 Å². The first-order chi connectivity index (χ1) is 12.4. The molecule has 0 saturated carbocycles. The summed E-state index contributed by atoms with van der Waals surface area (Å²) in [5.74, 6) is 0.471. The van der Waals surface area contributed by atoms with Crippen molar-refractivity contribution in [3.63, 3.8) is 0 Å². The number of nitrogens with zero attached hydrogens (tertiary/aromatic N) is 5. The average molecular weight is 352 g/mol. The van der Waals surface area contributed by atoms with Crippen LogP contribution in [0.2, 0.25) is 0 Å². The molecule has 0 spiro atoms. The Morgan fingerprint density at radius 1 is 1.19 bits per heavy atom. The van der Waals surface area contributed by atoms with Gasteiger partial charge in [0.05, 0.1) is 18.3 Å². The van der Waals surface area contributed by atoms with E-state index in [1.807, 2.05) is 49.6 Å². The number of anilines is 1. The van der Waals surface area contributed by atoms with Gasteiger partial charge < -0.3 is 0 Å². The number of imidazole rings is 1. The lowest BCUT2D eigenvalue weighted by Crippen LogP contribution is -2.40. The van der Waals surface area contributed by atoms with Crippen molar-refractivity contribution in [2.45, 2.75) is 33.4 Å². The second-order valence-electron chi connectivity index (χ2n) is 6.68. The van der Waals surface area contributed by atoms with Crippen LogP contribution in [0.5, 0.6) is 0 Å². The summed E-state index contributed by atoms with van der Waals surface area (Å²) in [6.45, 7) is 6.04. The van der Waals surface area contributed by atoms with E-state index >= 15 is 0 Å². The van der Waals surface area contributed by atoms with E-state index in [4.69, 9.17) is 0 Å². The third-order valence-electron chi connectivity index (χ3n) is 5.09. The topological polar surface area (TPSA) is 86.2 Å². The third-order valence-corrected chi connectivity index (χ3v) is 5.09. The number of rotatable bonds is 2. The molecule has 8 heteroatoms. The fourth-order valence-electron chi connectivity index (χ4n) is 3.31. The summed E-state index contributed by atoms with van der Waals surface area (Å²) in [5.41, 5.74) is 5.73. The van der Waals surface area contributed by atoms with Gasteiger partial charge in [0.2, 0.25) is 5.95 Å². The van der Waals surface area contributed by atoms with Crippen molar-refractivity contribution in [2.24, 2.45) is 12.1 Å².